The Labute approximate surface area is 139 Å². The van der Waals surface area contributed by atoms with Crippen LogP contribution in [-0.2, 0) is 0 Å². The summed E-state index contributed by atoms with van der Waals surface area (Å²) in [6, 6.07) is 9.71. The van der Waals surface area contributed by atoms with Crippen molar-refractivity contribution in [2.45, 2.75) is 19.4 Å². The normalized spacial score (nSPS) is 16.9. The summed E-state index contributed by atoms with van der Waals surface area (Å²) in [4.78, 5) is 29.9. The Morgan fingerprint density at radius 2 is 2.08 bits per heavy atom. The second-order valence-electron chi connectivity index (χ2n) is 5.81. The maximum absolute atomic E-state index is 13.9. The van der Waals surface area contributed by atoms with Crippen molar-refractivity contribution in [1.29, 1.82) is 0 Å². The largest absolute Gasteiger partial charge is 0.380 e. The number of ketones is 1. The van der Waals surface area contributed by atoms with Crippen LogP contribution in [0.3, 0.4) is 0 Å². The highest BCUT2D eigenvalue weighted by molar-refractivity contribution is 5.99. The summed E-state index contributed by atoms with van der Waals surface area (Å²) in [7, 11) is 0. The zero-order valence-electron chi connectivity index (χ0n) is 13.3. The Morgan fingerprint density at radius 3 is 2.79 bits per heavy atom. The summed E-state index contributed by atoms with van der Waals surface area (Å²) in [6.45, 7) is 2.43. The van der Waals surface area contributed by atoms with Crippen LogP contribution in [0.25, 0.3) is 0 Å². The van der Waals surface area contributed by atoms with Crippen molar-refractivity contribution in [1.82, 2.24) is 9.88 Å². The van der Waals surface area contributed by atoms with Gasteiger partial charge in [0, 0.05) is 31.0 Å². The van der Waals surface area contributed by atoms with E-state index in [2.05, 4.69) is 10.3 Å². The molecule has 2 aromatic rings. The number of benzene rings is 1. The molecule has 0 aliphatic carbocycles. The minimum absolute atomic E-state index is 0.0300. The van der Waals surface area contributed by atoms with Crippen LogP contribution in [0.5, 0.6) is 0 Å². The quantitative estimate of drug-likeness (QED) is 0.877. The summed E-state index contributed by atoms with van der Waals surface area (Å²) < 4.78 is 13.9. The van der Waals surface area contributed by atoms with Crippen molar-refractivity contribution in [2.75, 3.05) is 18.4 Å². The topological polar surface area (TPSA) is 62.3 Å². The lowest BCUT2D eigenvalue weighted by atomic mass is 10.1. The molecule has 1 aliphatic heterocycles. The molecule has 24 heavy (non-hydrogen) atoms. The van der Waals surface area contributed by atoms with Gasteiger partial charge in [0.1, 0.15) is 11.5 Å². The molecule has 6 heteroatoms. The molecule has 1 N–H and O–H groups in total. The van der Waals surface area contributed by atoms with Gasteiger partial charge >= 0.3 is 0 Å². The number of pyridine rings is 1. The zero-order valence-corrected chi connectivity index (χ0v) is 13.3. The third-order valence-corrected chi connectivity index (χ3v) is 4.08. The van der Waals surface area contributed by atoms with Crippen molar-refractivity contribution < 1.29 is 14.0 Å². The zero-order chi connectivity index (χ0) is 17.1. The Morgan fingerprint density at radius 1 is 1.25 bits per heavy atom. The smallest absolute Gasteiger partial charge is 0.272 e. The fourth-order valence-corrected chi connectivity index (χ4v) is 2.94. The highest BCUT2D eigenvalue weighted by Crippen LogP contribution is 2.23. The molecular weight excluding hydrogens is 309 g/mol. The van der Waals surface area contributed by atoms with E-state index in [9.17, 15) is 14.0 Å². The molecule has 0 spiro atoms. The third-order valence-electron chi connectivity index (χ3n) is 4.08. The number of nitrogens with zero attached hydrogens (tertiary/aromatic N) is 2. The van der Waals surface area contributed by atoms with Crippen LogP contribution in [0, 0.1) is 5.82 Å². The Bertz CT molecular complexity index is 764. The summed E-state index contributed by atoms with van der Waals surface area (Å²) in [5.41, 5.74) is 0.944. The molecule has 1 fully saturated rings. The van der Waals surface area contributed by atoms with Crippen LogP contribution in [0.2, 0.25) is 0 Å². The number of hydrogen-bond donors (Lipinski definition) is 1. The Balaban J connectivity index is 1.70. The van der Waals surface area contributed by atoms with E-state index in [1.807, 2.05) is 0 Å². The van der Waals surface area contributed by atoms with Crippen molar-refractivity contribution in [2.24, 2.45) is 0 Å². The Hall–Kier alpha value is -2.76. The number of hydrogen-bond acceptors (Lipinski definition) is 4. The van der Waals surface area contributed by atoms with E-state index in [-0.39, 0.29) is 23.3 Å². The van der Waals surface area contributed by atoms with Crippen LogP contribution in [-0.4, -0.2) is 40.7 Å². The number of aromatic nitrogens is 1. The van der Waals surface area contributed by atoms with Crippen LogP contribution in [0.15, 0.2) is 42.6 Å². The molecule has 0 saturated carbocycles. The number of Topliss-reactive ketones (excluding diaryl/α,β-unsaturated/α-hetero) is 1. The van der Waals surface area contributed by atoms with Crippen LogP contribution in [0.1, 0.15) is 34.2 Å². The predicted molar refractivity (Wildman–Crippen MR) is 88.6 cm³/mol. The van der Waals surface area contributed by atoms with Gasteiger partial charge < -0.3 is 10.2 Å². The molecule has 1 aliphatic rings. The van der Waals surface area contributed by atoms with Gasteiger partial charge in [-0.2, -0.15) is 0 Å². The van der Waals surface area contributed by atoms with Crippen molar-refractivity contribution in [3.63, 3.8) is 0 Å². The molecule has 1 amide bonds. The van der Waals surface area contributed by atoms with Gasteiger partial charge in [0.15, 0.2) is 5.78 Å². The lowest BCUT2D eigenvalue weighted by Gasteiger charge is -2.18. The minimum atomic E-state index is -0.535. The summed E-state index contributed by atoms with van der Waals surface area (Å²) in [5, 5.41) is 3.19. The van der Waals surface area contributed by atoms with Crippen molar-refractivity contribution >= 4 is 17.4 Å². The molecule has 0 unspecified atom stereocenters. The molecule has 0 bridgehead atoms. The molecule has 1 saturated heterocycles. The van der Waals surface area contributed by atoms with Gasteiger partial charge in [0.25, 0.3) is 5.91 Å². The van der Waals surface area contributed by atoms with Crippen LogP contribution in [0.4, 0.5) is 10.1 Å². The van der Waals surface area contributed by atoms with Crippen molar-refractivity contribution in [3.8, 4) is 0 Å². The van der Waals surface area contributed by atoms with E-state index < -0.39 is 5.82 Å². The monoisotopic (exact) mass is 327 g/mol. The van der Waals surface area contributed by atoms with E-state index in [1.54, 1.807) is 41.4 Å². The molecule has 3 rings (SSSR count). The Kier molecular flexibility index (Phi) is 4.55. The minimum Gasteiger partial charge on any atom is -0.380 e. The molecular formula is C18H18FN3O2. The maximum atomic E-state index is 13.9. The van der Waals surface area contributed by atoms with Gasteiger partial charge in [0.05, 0.1) is 5.56 Å². The van der Waals surface area contributed by atoms with E-state index in [4.69, 9.17) is 0 Å². The predicted octanol–water partition coefficient (Wildman–Crippen LogP) is 2.75. The molecule has 2 heterocycles. The van der Waals surface area contributed by atoms with Gasteiger partial charge in [0.2, 0.25) is 0 Å². The van der Waals surface area contributed by atoms with E-state index in [0.717, 1.165) is 6.42 Å². The number of nitrogens with one attached hydrogen (secondary N) is 1. The first-order valence-corrected chi connectivity index (χ1v) is 7.82. The number of likely N-dealkylation sites (tertiary alicyclic amines) is 1. The number of carbonyl (C=O) groups excluding carboxylic acids is 2. The average Bonchev–Trinajstić information content (AvgIpc) is 3.03. The first kappa shape index (κ1) is 16.1. The van der Waals surface area contributed by atoms with Crippen LogP contribution < -0.4 is 5.32 Å². The fraction of sp³-hybridized carbons (Fsp3) is 0.278. The summed E-state index contributed by atoms with van der Waals surface area (Å²) in [5.74, 6) is -0.979. The summed E-state index contributed by atoms with van der Waals surface area (Å²) in [6.07, 6.45) is 2.32. The van der Waals surface area contributed by atoms with Gasteiger partial charge in [-0.05, 0) is 37.6 Å². The van der Waals surface area contributed by atoms with Crippen molar-refractivity contribution in [3.05, 3.63) is 59.7 Å². The second-order valence-corrected chi connectivity index (χ2v) is 5.81. The number of rotatable bonds is 4. The highest BCUT2D eigenvalue weighted by atomic mass is 19.1. The molecule has 0 radical (unpaired) electrons. The van der Waals surface area contributed by atoms with Gasteiger partial charge in [-0.25, -0.2) is 4.39 Å². The number of carbonyl (C=O) groups is 2. The SMILES string of the molecule is CC(=O)c1c(F)cccc1N[C@H]1CCN(C(=O)c2ccccn2)C1. The molecule has 5 nitrogen and oxygen atoms in total. The van der Waals surface area contributed by atoms with Gasteiger partial charge in [-0.1, -0.05) is 12.1 Å². The molecule has 1 aromatic heterocycles. The number of halogens is 1. The van der Waals surface area contributed by atoms with Gasteiger partial charge in [-0.3, -0.25) is 14.6 Å². The number of amides is 1. The lowest BCUT2D eigenvalue weighted by molar-refractivity contribution is 0.0785. The van der Waals surface area contributed by atoms with Crippen LogP contribution >= 0.6 is 0 Å². The van der Waals surface area contributed by atoms with E-state index in [1.165, 1.54) is 13.0 Å². The average molecular weight is 327 g/mol. The number of anilines is 1. The third kappa shape index (κ3) is 3.27. The first-order chi connectivity index (χ1) is 11.6. The lowest BCUT2D eigenvalue weighted by Crippen LogP contribution is -2.32. The molecule has 124 valence electrons. The maximum Gasteiger partial charge on any atom is 0.272 e. The highest BCUT2D eigenvalue weighted by Gasteiger charge is 2.28. The van der Waals surface area contributed by atoms with E-state index >= 15 is 0 Å². The molecule has 1 aromatic carbocycles. The van der Waals surface area contributed by atoms with Gasteiger partial charge in [-0.15, -0.1) is 0 Å². The summed E-state index contributed by atoms with van der Waals surface area (Å²) >= 11 is 0. The standard InChI is InChI=1S/C18H18FN3O2/c1-12(23)17-14(19)5-4-7-15(17)21-13-8-10-22(11-13)18(24)16-6-2-3-9-20-16/h2-7,9,13,21H,8,10-11H2,1H3/t13-/m0/s1. The second kappa shape index (κ2) is 6.78. The molecule has 1 atom stereocenters. The first-order valence-electron chi connectivity index (χ1n) is 7.82. The fourth-order valence-electron chi connectivity index (χ4n) is 2.94. The van der Waals surface area contributed by atoms with E-state index in [0.29, 0.717) is 24.5 Å².